The molecule has 14 heteroatoms. The Hall–Kier alpha value is -2.57. The van der Waals surface area contributed by atoms with Gasteiger partial charge in [-0.25, -0.2) is 0 Å². The minimum absolute atomic E-state index is 0.0442. The standard InChI is InChI=1S/C53H90O14/c1-3-5-7-9-11-13-15-17-18-19-20-21-22-23-25-27-29-31-33-35-37-62-39-42(65-45(55)36-34-32-30-28-26-24-16-14-12-10-8-6-4-2)40-63-52-51(61)49(59)47(57)44(67-52)41-64-53-50(60)48(58)46(56)43(38-54)66-53/h5,7-8,10-11,13-14,16-18,20-21,42-44,46-54,56-61H,3-4,6,9,12,15,19,22-41H2,1-2H3/b7-5-,10-8-,13-11-,16-14-,18-17-,21-20-. The number of unbranched alkanes of at least 4 members (excludes halogenated alkanes) is 13. The van der Waals surface area contributed by atoms with Crippen molar-refractivity contribution in [2.24, 2.45) is 0 Å². The Balaban J connectivity index is 1.77. The molecule has 0 saturated carbocycles. The van der Waals surface area contributed by atoms with E-state index < -0.39 is 86.7 Å². The van der Waals surface area contributed by atoms with Crippen LogP contribution in [-0.2, 0) is 33.2 Å². The summed E-state index contributed by atoms with van der Waals surface area (Å²) < 4.78 is 34.2. The van der Waals surface area contributed by atoms with Crippen LogP contribution in [0.2, 0.25) is 0 Å². The van der Waals surface area contributed by atoms with Gasteiger partial charge in [0, 0.05) is 13.0 Å². The molecule has 14 nitrogen and oxygen atoms in total. The highest BCUT2D eigenvalue weighted by atomic mass is 16.7. The smallest absolute Gasteiger partial charge is 0.306 e. The first-order chi connectivity index (χ1) is 32.6. The molecule has 0 aromatic carbocycles. The zero-order valence-electron chi connectivity index (χ0n) is 40.9. The third-order valence-electron chi connectivity index (χ3n) is 11.7. The summed E-state index contributed by atoms with van der Waals surface area (Å²) in [4.78, 5) is 13.0. The fourth-order valence-electron chi connectivity index (χ4n) is 7.55. The molecule has 0 aromatic heterocycles. The molecule has 2 aliphatic rings. The first-order valence-corrected chi connectivity index (χ1v) is 25.5. The lowest BCUT2D eigenvalue weighted by molar-refractivity contribution is -0.332. The van der Waals surface area contributed by atoms with Crippen LogP contribution in [0, 0.1) is 0 Å². The van der Waals surface area contributed by atoms with Crippen molar-refractivity contribution in [1.29, 1.82) is 0 Å². The summed E-state index contributed by atoms with van der Waals surface area (Å²) in [6.45, 7) is 3.44. The predicted molar refractivity (Wildman–Crippen MR) is 261 cm³/mol. The Morgan fingerprint density at radius 1 is 0.507 bits per heavy atom. The molecule has 11 atom stereocenters. The molecule has 0 radical (unpaired) electrons. The Labute approximate surface area is 402 Å². The molecule has 67 heavy (non-hydrogen) atoms. The summed E-state index contributed by atoms with van der Waals surface area (Å²) in [7, 11) is 0. The van der Waals surface area contributed by atoms with Crippen LogP contribution in [0.1, 0.15) is 155 Å². The van der Waals surface area contributed by atoms with Crippen molar-refractivity contribution in [2.45, 2.75) is 223 Å². The molecule has 11 unspecified atom stereocenters. The van der Waals surface area contributed by atoms with Gasteiger partial charge >= 0.3 is 5.97 Å². The molecule has 2 fully saturated rings. The van der Waals surface area contributed by atoms with Crippen LogP contribution >= 0.6 is 0 Å². The normalized spacial score (nSPS) is 26.7. The Morgan fingerprint density at radius 2 is 0.970 bits per heavy atom. The first kappa shape index (κ1) is 60.6. The van der Waals surface area contributed by atoms with Crippen molar-refractivity contribution in [3.05, 3.63) is 72.9 Å². The number of carbonyl (C=O) groups excluding carboxylic acids is 1. The van der Waals surface area contributed by atoms with Gasteiger partial charge in [0.2, 0.25) is 0 Å². The number of allylic oxidation sites excluding steroid dienone is 12. The fraction of sp³-hybridized carbons (Fsp3) is 0.755. The van der Waals surface area contributed by atoms with E-state index in [2.05, 4.69) is 86.8 Å². The van der Waals surface area contributed by atoms with E-state index in [0.29, 0.717) is 13.0 Å². The van der Waals surface area contributed by atoms with E-state index in [9.17, 15) is 40.5 Å². The lowest BCUT2D eigenvalue weighted by Gasteiger charge is -2.42. The second-order valence-corrected chi connectivity index (χ2v) is 17.6. The topological polar surface area (TPSA) is 214 Å². The van der Waals surface area contributed by atoms with Crippen LogP contribution in [-0.4, -0.2) is 142 Å². The molecule has 0 aromatic rings. The lowest BCUT2D eigenvalue weighted by Crippen LogP contribution is -2.61. The average molecular weight is 951 g/mol. The average Bonchev–Trinajstić information content (AvgIpc) is 3.32. The number of hydrogen-bond acceptors (Lipinski definition) is 14. The van der Waals surface area contributed by atoms with Crippen LogP contribution in [0.5, 0.6) is 0 Å². The van der Waals surface area contributed by atoms with Gasteiger partial charge in [-0.05, 0) is 77.0 Å². The third kappa shape index (κ3) is 28.0. The van der Waals surface area contributed by atoms with Gasteiger partial charge in [0.05, 0.1) is 26.4 Å². The number of esters is 1. The van der Waals surface area contributed by atoms with Gasteiger partial charge in [-0.3, -0.25) is 4.79 Å². The fourth-order valence-corrected chi connectivity index (χ4v) is 7.55. The zero-order chi connectivity index (χ0) is 48.7. The Kier molecular flexibility index (Phi) is 36.3. The summed E-state index contributed by atoms with van der Waals surface area (Å²) in [6.07, 6.45) is 32.5. The molecule has 2 saturated heterocycles. The third-order valence-corrected chi connectivity index (χ3v) is 11.7. The van der Waals surface area contributed by atoms with Crippen molar-refractivity contribution in [2.75, 3.05) is 33.0 Å². The van der Waals surface area contributed by atoms with Crippen LogP contribution in [0.25, 0.3) is 0 Å². The van der Waals surface area contributed by atoms with E-state index in [1.165, 1.54) is 19.3 Å². The number of hydrogen-bond donors (Lipinski definition) is 7. The molecule has 0 amide bonds. The second kappa shape index (κ2) is 40.2. The van der Waals surface area contributed by atoms with E-state index >= 15 is 0 Å². The molecule has 7 N–H and O–H groups in total. The number of rotatable bonds is 39. The summed E-state index contributed by atoms with van der Waals surface area (Å²) in [5, 5.41) is 72.1. The van der Waals surface area contributed by atoms with E-state index in [4.69, 9.17) is 28.4 Å². The summed E-state index contributed by atoms with van der Waals surface area (Å²) in [5.41, 5.74) is 0. The molecule has 2 rings (SSSR count). The monoisotopic (exact) mass is 951 g/mol. The molecule has 0 aliphatic carbocycles. The van der Waals surface area contributed by atoms with Crippen molar-refractivity contribution >= 4 is 5.97 Å². The molecular formula is C53H90O14. The van der Waals surface area contributed by atoms with E-state index in [-0.39, 0.29) is 19.6 Å². The molecule has 2 aliphatic heterocycles. The van der Waals surface area contributed by atoms with Crippen molar-refractivity contribution in [3.63, 3.8) is 0 Å². The first-order valence-electron chi connectivity index (χ1n) is 25.5. The largest absolute Gasteiger partial charge is 0.457 e. The SMILES string of the molecule is CC/C=C\C/C=C\C/C=C\C/C=C\CCCCCCCCCOCC(COC1OC(COC2OC(CO)C(O)C(O)C2O)C(O)C(O)C1O)OC(=O)CCCCCCC/C=C\C/C=C\CCC. The van der Waals surface area contributed by atoms with Crippen LogP contribution in [0.15, 0.2) is 72.9 Å². The zero-order valence-corrected chi connectivity index (χ0v) is 40.9. The number of carbonyl (C=O) groups is 1. The van der Waals surface area contributed by atoms with Gasteiger partial charge in [-0.2, -0.15) is 0 Å². The van der Waals surface area contributed by atoms with Gasteiger partial charge in [0.25, 0.3) is 0 Å². The maximum absolute atomic E-state index is 13.0. The minimum Gasteiger partial charge on any atom is -0.457 e. The quantitative estimate of drug-likeness (QED) is 0.0181. The van der Waals surface area contributed by atoms with Gasteiger partial charge in [-0.15, -0.1) is 0 Å². The lowest BCUT2D eigenvalue weighted by atomic mass is 9.98. The minimum atomic E-state index is -1.71. The Bertz CT molecular complexity index is 1380. The second-order valence-electron chi connectivity index (χ2n) is 17.6. The van der Waals surface area contributed by atoms with Gasteiger partial charge in [0.1, 0.15) is 54.9 Å². The highest BCUT2D eigenvalue weighted by molar-refractivity contribution is 5.69. The van der Waals surface area contributed by atoms with Crippen molar-refractivity contribution in [3.8, 4) is 0 Å². The Morgan fingerprint density at radius 3 is 1.52 bits per heavy atom. The van der Waals surface area contributed by atoms with Crippen LogP contribution in [0.4, 0.5) is 0 Å². The van der Waals surface area contributed by atoms with Gasteiger partial charge in [-0.1, -0.05) is 145 Å². The van der Waals surface area contributed by atoms with E-state index in [1.54, 1.807) is 0 Å². The predicted octanol–water partition coefficient (Wildman–Crippen LogP) is 7.51. The number of ether oxygens (including phenoxy) is 6. The van der Waals surface area contributed by atoms with Gasteiger partial charge < -0.3 is 64.2 Å². The highest BCUT2D eigenvalue weighted by Crippen LogP contribution is 2.26. The highest BCUT2D eigenvalue weighted by Gasteiger charge is 2.47. The summed E-state index contributed by atoms with van der Waals surface area (Å²) in [5.74, 6) is -0.398. The van der Waals surface area contributed by atoms with Crippen molar-refractivity contribution in [1.82, 2.24) is 0 Å². The van der Waals surface area contributed by atoms with Crippen LogP contribution in [0.3, 0.4) is 0 Å². The number of aliphatic hydroxyl groups excluding tert-OH is 7. The molecule has 0 bridgehead atoms. The number of aliphatic hydroxyl groups is 7. The summed E-state index contributed by atoms with van der Waals surface area (Å²) >= 11 is 0. The molecular weight excluding hydrogens is 861 g/mol. The van der Waals surface area contributed by atoms with Gasteiger partial charge in [0.15, 0.2) is 12.6 Å². The maximum atomic E-state index is 13.0. The van der Waals surface area contributed by atoms with Crippen LogP contribution < -0.4 is 0 Å². The van der Waals surface area contributed by atoms with E-state index in [1.807, 2.05) is 0 Å². The molecule has 386 valence electrons. The van der Waals surface area contributed by atoms with E-state index in [0.717, 1.165) is 109 Å². The molecule has 0 spiro atoms. The summed E-state index contributed by atoms with van der Waals surface area (Å²) in [6, 6.07) is 0. The van der Waals surface area contributed by atoms with Crippen molar-refractivity contribution < 1.29 is 69.0 Å². The molecule has 2 heterocycles. The maximum Gasteiger partial charge on any atom is 0.306 e.